The Morgan fingerprint density at radius 1 is 1.25 bits per heavy atom. The number of sulfonamides is 1. The third-order valence-electron chi connectivity index (χ3n) is 5.61. The van der Waals surface area contributed by atoms with Gasteiger partial charge in [-0.3, -0.25) is 4.79 Å². The molecule has 3 aromatic rings. The number of rotatable bonds is 5. The highest BCUT2D eigenvalue weighted by Crippen LogP contribution is 2.26. The zero-order valence-electron chi connectivity index (χ0n) is 17.7. The van der Waals surface area contributed by atoms with Crippen LogP contribution in [0.1, 0.15) is 36.5 Å². The minimum absolute atomic E-state index is 0.0230. The van der Waals surface area contributed by atoms with Gasteiger partial charge in [0.2, 0.25) is 10.0 Å². The molecule has 0 N–H and O–H groups in total. The van der Waals surface area contributed by atoms with Crippen molar-refractivity contribution in [3.05, 3.63) is 70.5 Å². The lowest BCUT2D eigenvalue weighted by Gasteiger charge is -2.32. The van der Waals surface area contributed by atoms with Crippen molar-refractivity contribution in [1.29, 1.82) is 0 Å². The van der Waals surface area contributed by atoms with E-state index in [2.05, 4.69) is 11.6 Å². The molecule has 1 atom stereocenters. The number of halogens is 1. The molecule has 9 heteroatoms. The highest BCUT2D eigenvalue weighted by atomic mass is 35.5. The molecule has 0 saturated carbocycles. The number of fused-ring (bicyclic) bond motifs is 1. The highest BCUT2D eigenvalue weighted by Gasteiger charge is 2.30. The van der Waals surface area contributed by atoms with Crippen molar-refractivity contribution >= 4 is 49.1 Å². The predicted octanol–water partition coefficient (Wildman–Crippen LogP) is 4.85. The molecule has 0 aliphatic carbocycles. The monoisotopic (exact) mass is 489 g/mol. The van der Waals surface area contributed by atoms with Crippen LogP contribution in [0.3, 0.4) is 0 Å². The lowest BCUT2D eigenvalue weighted by molar-refractivity contribution is 0.0997. The van der Waals surface area contributed by atoms with E-state index in [4.69, 9.17) is 11.6 Å². The van der Waals surface area contributed by atoms with Gasteiger partial charge in [0.25, 0.3) is 5.91 Å². The Balaban J connectivity index is 1.67. The number of carbonyl (C=O) groups is 1. The molecular formula is C23H24ClN3O3S2. The van der Waals surface area contributed by atoms with Crippen LogP contribution in [-0.2, 0) is 16.6 Å². The maximum atomic E-state index is 13.0. The van der Waals surface area contributed by atoms with E-state index in [1.54, 1.807) is 16.4 Å². The summed E-state index contributed by atoms with van der Waals surface area (Å²) in [5.41, 5.74) is 1.13. The number of piperidine rings is 1. The van der Waals surface area contributed by atoms with E-state index in [-0.39, 0.29) is 10.9 Å². The SMILES string of the molecule is C=CCn1c(=NC(=O)c2ccc(S(=O)(=O)N3CCCCC3C)cc2)sc2cccc(Cl)c21. The fraction of sp³-hybridized carbons (Fsp3) is 0.304. The van der Waals surface area contributed by atoms with E-state index in [9.17, 15) is 13.2 Å². The standard InChI is InChI=1S/C23H24ClN3O3S2/c1-3-14-26-21-19(24)8-6-9-20(21)31-23(26)25-22(28)17-10-12-18(13-11-17)32(29,30)27-15-5-4-7-16(27)2/h3,6,8-13,16H,1,4-5,7,14-15H2,2H3. The molecule has 1 saturated heterocycles. The number of benzene rings is 2. The van der Waals surface area contributed by atoms with E-state index < -0.39 is 15.9 Å². The summed E-state index contributed by atoms with van der Waals surface area (Å²) >= 11 is 7.73. The number of hydrogen-bond acceptors (Lipinski definition) is 4. The molecule has 2 aromatic carbocycles. The van der Waals surface area contributed by atoms with Crippen LogP contribution in [-0.4, -0.2) is 35.8 Å². The minimum Gasteiger partial charge on any atom is -0.311 e. The zero-order valence-corrected chi connectivity index (χ0v) is 20.1. The molecule has 1 aliphatic heterocycles. The molecule has 1 aromatic heterocycles. The number of allylic oxidation sites excluding steroid dienone is 1. The Labute approximate surface area is 196 Å². The van der Waals surface area contributed by atoms with Crippen molar-refractivity contribution in [2.75, 3.05) is 6.54 Å². The normalized spacial score (nSPS) is 18.2. The van der Waals surface area contributed by atoms with Gasteiger partial charge in [0.15, 0.2) is 4.80 Å². The number of carbonyl (C=O) groups excluding carboxylic acids is 1. The summed E-state index contributed by atoms with van der Waals surface area (Å²) in [5.74, 6) is -0.444. The Hall–Kier alpha value is -2.26. The number of aromatic nitrogens is 1. The van der Waals surface area contributed by atoms with Gasteiger partial charge in [-0.2, -0.15) is 9.30 Å². The van der Waals surface area contributed by atoms with E-state index in [0.29, 0.717) is 28.5 Å². The molecule has 168 valence electrons. The summed E-state index contributed by atoms with van der Waals surface area (Å²) in [7, 11) is -3.59. The molecule has 0 bridgehead atoms. The molecular weight excluding hydrogens is 466 g/mol. The maximum Gasteiger partial charge on any atom is 0.279 e. The van der Waals surface area contributed by atoms with Crippen LogP contribution in [0.15, 0.2) is 65.0 Å². The van der Waals surface area contributed by atoms with Crippen molar-refractivity contribution in [3.63, 3.8) is 0 Å². The highest BCUT2D eigenvalue weighted by molar-refractivity contribution is 7.89. The Morgan fingerprint density at radius 3 is 2.69 bits per heavy atom. The first-order chi connectivity index (χ1) is 15.3. The molecule has 1 amide bonds. The Kier molecular flexibility index (Phi) is 6.67. The Bertz CT molecular complexity index is 1340. The van der Waals surface area contributed by atoms with Crippen LogP contribution < -0.4 is 4.80 Å². The maximum absolute atomic E-state index is 13.0. The van der Waals surface area contributed by atoms with Gasteiger partial charge in [0.1, 0.15) is 0 Å². The van der Waals surface area contributed by atoms with Gasteiger partial charge in [-0.25, -0.2) is 8.42 Å². The van der Waals surface area contributed by atoms with Crippen LogP contribution >= 0.6 is 22.9 Å². The fourth-order valence-electron chi connectivity index (χ4n) is 3.96. The smallest absolute Gasteiger partial charge is 0.279 e. The zero-order chi connectivity index (χ0) is 22.9. The van der Waals surface area contributed by atoms with Crippen LogP contribution in [0.25, 0.3) is 10.2 Å². The summed E-state index contributed by atoms with van der Waals surface area (Å²) in [6.07, 6.45) is 4.48. The first-order valence-corrected chi connectivity index (χ1v) is 13.1. The van der Waals surface area contributed by atoms with Crippen molar-refractivity contribution < 1.29 is 13.2 Å². The summed E-state index contributed by atoms with van der Waals surface area (Å²) in [6, 6.07) is 11.6. The van der Waals surface area contributed by atoms with Crippen LogP contribution in [0.5, 0.6) is 0 Å². The predicted molar refractivity (Wildman–Crippen MR) is 129 cm³/mol. The van der Waals surface area contributed by atoms with E-state index in [1.807, 2.05) is 23.6 Å². The van der Waals surface area contributed by atoms with Gasteiger partial charge in [0.05, 0.1) is 20.1 Å². The molecule has 1 aliphatic rings. The van der Waals surface area contributed by atoms with Crippen molar-refractivity contribution in [1.82, 2.24) is 8.87 Å². The molecule has 32 heavy (non-hydrogen) atoms. The van der Waals surface area contributed by atoms with E-state index in [0.717, 1.165) is 29.5 Å². The van der Waals surface area contributed by atoms with Crippen LogP contribution in [0.2, 0.25) is 5.02 Å². The lowest BCUT2D eigenvalue weighted by Crippen LogP contribution is -2.41. The quantitative estimate of drug-likeness (QED) is 0.481. The topological polar surface area (TPSA) is 71.7 Å². The fourth-order valence-corrected chi connectivity index (χ4v) is 7.05. The summed E-state index contributed by atoms with van der Waals surface area (Å²) < 4.78 is 30.3. The average Bonchev–Trinajstić information content (AvgIpc) is 3.12. The second-order valence-electron chi connectivity index (χ2n) is 7.77. The summed E-state index contributed by atoms with van der Waals surface area (Å²) in [4.78, 5) is 17.9. The van der Waals surface area contributed by atoms with E-state index >= 15 is 0 Å². The third kappa shape index (κ3) is 4.32. The van der Waals surface area contributed by atoms with Gasteiger partial charge >= 0.3 is 0 Å². The van der Waals surface area contributed by atoms with Crippen molar-refractivity contribution in [3.8, 4) is 0 Å². The number of thiazole rings is 1. The summed E-state index contributed by atoms with van der Waals surface area (Å²) in [6.45, 7) is 6.70. The first-order valence-electron chi connectivity index (χ1n) is 10.4. The summed E-state index contributed by atoms with van der Waals surface area (Å²) in [5, 5.41) is 0.580. The first kappa shape index (κ1) is 22.9. The van der Waals surface area contributed by atoms with Gasteiger partial charge in [-0.1, -0.05) is 41.5 Å². The van der Waals surface area contributed by atoms with Crippen molar-refractivity contribution in [2.24, 2.45) is 4.99 Å². The molecule has 4 rings (SSSR count). The number of hydrogen-bond donors (Lipinski definition) is 0. The molecule has 0 spiro atoms. The van der Waals surface area contributed by atoms with E-state index in [1.165, 1.54) is 35.6 Å². The second-order valence-corrected chi connectivity index (χ2v) is 11.1. The third-order valence-corrected chi connectivity index (χ3v) is 8.99. The number of nitrogens with zero attached hydrogens (tertiary/aromatic N) is 3. The molecule has 1 fully saturated rings. The lowest BCUT2D eigenvalue weighted by atomic mass is 10.1. The molecule has 2 heterocycles. The number of amides is 1. The molecule has 1 unspecified atom stereocenters. The average molecular weight is 490 g/mol. The Morgan fingerprint density at radius 2 is 2.00 bits per heavy atom. The largest absolute Gasteiger partial charge is 0.311 e. The molecule has 0 radical (unpaired) electrons. The van der Waals surface area contributed by atoms with Gasteiger partial charge in [0, 0.05) is 24.7 Å². The minimum atomic E-state index is -3.59. The number of para-hydroxylation sites is 1. The molecule has 6 nitrogen and oxygen atoms in total. The van der Waals surface area contributed by atoms with Gasteiger partial charge < -0.3 is 4.57 Å². The van der Waals surface area contributed by atoms with Gasteiger partial charge in [-0.15, -0.1) is 6.58 Å². The second kappa shape index (κ2) is 9.31. The van der Waals surface area contributed by atoms with Crippen molar-refractivity contribution in [2.45, 2.75) is 43.7 Å². The van der Waals surface area contributed by atoms with Gasteiger partial charge in [-0.05, 0) is 56.2 Å². The van der Waals surface area contributed by atoms with Crippen LogP contribution in [0.4, 0.5) is 0 Å². The van der Waals surface area contributed by atoms with Crippen LogP contribution in [0, 0.1) is 0 Å².